The summed E-state index contributed by atoms with van der Waals surface area (Å²) in [5.74, 6) is -1.35. The zero-order valence-electron chi connectivity index (χ0n) is 22.4. The van der Waals surface area contributed by atoms with Gasteiger partial charge in [0.2, 0.25) is 17.7 Å². The van der Waals surface area contributed by atoms with Crippen LogP contribution in [0.15, 0.2) is 54.6 Å². The number of carbonyl (C=O) groups is 4. The lowest BCUT2D eigenvalue weighted by Crippen LogP contribution is -2.51. The fraction of sp³-hybridized carbons (Fsp3) is 0.448. The predicted octanol–water partition coefficient (Wildman–Crippen LogP) is 2.57. The minimum absolute atomic E-state index is 0.0264. The van der Waals surface area contributed by atoms with Crippen LogP contribution >= 0.6 is 0 Å². The number of esters is 1. The molecule has 0 saturated carbocycles. The van der Waals surface area contributed by atoms with E-state index < -0.39 is 11.9 Å². The number of piperidine rings is 1. The maximum absolute atomic E-state index is 12.7. The van der Waals surface area contributed by atoms with Gasteiger partial charge in [0.1, 0.15) is 0 Å². The number of likely N-dealkylation sites (tertiary alicyclic amines) is 1. The van der Waals surface area contributed by atoms with Crippen molar-refractivity contribution in [3.63, 3.8) is 0 Å². The molecule has 0 bridgehead atoms. The van der Waals surface area contributed by atoms with E-state index in [1.165, 1.54) is 35.6 Å². The summed E-state index contributed by atoms with van der Waals surface area (Å²) in [6.45, 7) is 5.52. The third-order valence-electron chi connectivity index (χ3n) is 7.02. The quantitative estimate of drug-likeness (QED) is 0.347. The highest BCUT2D eigenvalue weighted by Gasteiger charge is 2.30. The first kappa shape index (κ1) is 28.8. The van der Waals surface area contributed by atoms with Gasteiger partial charge in [-0.1, -0.05) is 55.5 Å². The maximum Gasteiger partial charge on any atom is 0.330 e. The average molecular weight is 523 g/mol. The summed E-state index contributed by atoms with van der Waals surface area (Å²) in [4.78, 5) is 52.4. The Hall–Kier alpha value is -3.72. The van der Waals surface area contributed by atoms with E-state index in [1.54, 1.807) is 11.8 Å². The summed E-state index contributed by atoms with van der Waals surface area (Å²) in [6, 6.07) is 15.0. The summed E-state index contributed by atoms with van der Waals surface area (Å²) < 4.78 is 4.47. The molecule has 2 aromatic carbocycles. The van der Waals surface area contributed by atoms with Crippen molar-refractivity contribution in [1.82, 2.24) is 20.4 Å². The second-order valence-electron chi connectivity index (χ2n) is 9.39. The van der Waals surface area contributed by atoms with Crippen molar-refractivity contribution in [2.24, 2.45) is 0 Å². The molecule has 0 spiro atoms. The molecule has 2 aromatic rings. The van der Waals surface area contributed by atoms with Gasteiger partial charge in [-0.15, -0.1) is 0 Å². The van der Waals surface area contributed by atoms with E-state index >= 15 is 0 Å². The molecule has 3 rings (SSSR count). The Balaban J connectivity index is 1.51. The molecule has 9 nitrogen and oxygen atoms in total. The van der Waals surface area contributed by atoms with Crippen LogP contribution in [-0.4, -0.2) is 79.4 Å². The van der Waals surface area contributed by atoms with Gasteiger partial charge in [0.05, 0.1) is 20.2 Å². The molecule has 1 unspecified atom stereocenters. The summed E-state index contributed by atoms with van der Waals surface area (Å²) in [6.07, 6.45) is 4.54. The van der Waals surface area contributed by atoms with Crippen molar-refractivity contribution in [2.45, 2.75) is 45.2 Å². The van der Waals surface area contributed by atoms with E-state index in [1.807, 2.05) is 0 Å². The number of nitrogens with one attached hydrogen (secondary N) is 2. The normalized spacial score (nSPS) is 15.2. The number of nitrogens with zero attached hydrogens (tertiary/aromatic N) is 2. The number of amides is 3. The number of methoxy groups -OCH3 is 1. The molecule has 1 fully saturated rings. The smallest absolute Gasteiger partial charge is 0.330 e. The molecule has 3 amide bonds. The van der Waals surface area contributed by atoms with Crippen molar-refractivity contribution in [3.05, 3.63) is 60.2 Å². The number of ether oxygens (including phenoxy) is 1. The number of hydrogen-bond acceptors (Lipinski definition) is 6. The van der Waals surface area contributed by atoms with Gasteiger partial charge in [-0.05, 0) is 36.1 Å². The van der Waals surface area contributed by atoms with Gasteiger partial charge in [0, 0.05) is 44.2 Å². The highest BCUT2D eigenvalue weighted by molar-refractivity contribution is 5.88. The van der Waals surface area contributed by atoms with Gasteiger partial charge in [0.15, 0.2) is 0 Å². The number of rotatable bonds is 11. The van der Waals surface area contributed by atoms with Crippen molar-refractivity contribution < 1.29 is 23.9 Å². The van der Waals surface area contributed by atoms with Crippen LogP contribution in [0.25, 0.3) is 10.8 Å². The third-order valence-corrected chi connectivity index (χ3v) is 7.02. The molecule has 1 saturated heterocycles. The zero-order chi connectivity index (χ0) is 27.5. The van der Waals surface area contributed by atoms with Crippen LogP contribution in [0.4, 0.5) is 0 Å². The molecule has 0 aliphatic carbocycles. The van der Waals surface area contributed by atoms with E-state index in [4.69, 9.17) is 0 Å². The van der Waals surface area contributed by atoms with Crippen molar-refractivity contribution in [1.29, 1.82) is 0 Å². The van der Waals surface area contributed by atoms with Crippen LogP contribution in [0.1, 0.15) is 44.7 Å². The van der Waals surface area contributed by atoms with E-state index in [9.17, 15) is 19.2 Å². The first-order chi connectivity index (χ1) is 18.3. The number of fused-ring (bicyclic) bond motifs is 1. The Labute approximate surface area is 224 Å². The van der Waals surface area contributed by atoms with Crippen molar-refractivity contribution in [3.8, 4) is 0 Å². The van der Waals surface area contributed by atoms with Crippen LogP contribution < -0.4 is 10.6 Å². The summed E-state index contributed by atoms with van der Waals surface area (Å²) in [5.41, 5.74) is 1.29. The molecular weight excluding hydrogens is 484 g/mol. The molecule has 1 atom stereocenters. The Morgan fingerprint density at radius 2 is 1.76 bits per heavy atom. The second kappa shape index (κ2) is 14.3. The summed E-state index contributed by atoms with van der Waals surface area (Å²) >= 11 is 0. The van der Waals surface area contributed by atoms with Gasteiger partial charge < -0.3 is 20.3 Å². The highest BCUT2D eigenvalue weighted by atomic mass is 16.5. The second-order valence-corrected chi connectivity index (χ2v) is 9.39. The van der Waals surface area contributed by atoms with Crippen LogP contribution in [0.3, 0.4) is 0 Å². The topological polar surface area (TPSA) is 108 Å². The third kappa shape index (κ3) is 7.89. The molecule has 0 aromatic heterocycles. The molecule has 1 aliphatic heterocycles. The zero-order valence-corrected chi connectivity index (χ0v) is 22.4. The fourth-order valence-electron chi connectivity index (χ4n) is 4.87. The maximum atomic E-state index is 12.7. The minimum Gasteiger partial charge on any atom is -0.466 e. The van der Waals surface area contributed by atoms with Gasteiger partial charge in [-0.2, -0.15) is 0 Å². The Morgan fingerprint density at radius 3 is 2.47 bits per heavy atom. The largest absolute Gasteiger partial charge is 0.466 e. The van der Waals surface area contributed by atoms with Crippen LogP contribution in [0.2, 0.25) is 0 Å². The Kier molecular flexibility index (Phi) is 10.8. The lowest BCUT2D eigenvalue weighted by molar-refractivity contribution is -0.139. The monoisotopic (exact) mass is 522 g/mol. The first-order valence-electron chi connectivity index (χ1n) is 13.1. The lowest BCUT2D eigenvalue weighted by atomic mass is 9.95. The van der Waals surface area contributed by atoms with Crippen LogP contribution in [-0.2, 0) is 23.9 Å². The van der Waals surface area contributed by atoms with E-state index in [-0.39, 0.29) is 43.5 Å². The molecule has 204 valence electrons. The van der Waals surface area contributed by atoms with Crippen LogP contribution in [0, 0.1) is 0 Å². The van der Waals surface area contributed by atoms with Gasteiger partial charge in [-0.25, -0.2) is 4.79 Å². The molecule has 9 heteroatoms. The van der Waals surface area contributed by atoms with Crippen molar-refractivity contribution in [2.75, 3.05) is 39.8 Å². The predicted molar refractivity (Wildman–Crippen MR) is 146 cm³/mol. The Morgan fingerprint density at radius 1 is 1.05 bits per heavy atom. The van der Waals surface area contributed by atoms with Crippen molar-refractivity contribution >= 4 is 34.5 Å². The number of benzene rings is 2. The standard InChI is InChI=1S/C29H38N4O5/c1-4-28(36)33(20-27(35)31-19-26(34)30-16-8-13-29(37)38-3)23-14-17-32(18-15-23)21(2)24-12-7-10-22-9-5-6-11-25(22)24/h5-13,21,23H,4,14-20H2,1-3H3,(H,30,34)(H,31,35)/b13-8+. The number of carbonyl (C=O) groups excluding carboxylic acids is 4. The average Bonchev–Trinajstić information content (AvgIpc) is 2.95. The summed E-state index contributed by atoms with van der Waals surface area (Å²) in [7, 11) is 1.27. The van der Waals surface area contributed by atoms with Crippen LogP contribution in [0.5, 0.6) is 0 Å². The fourth-order valence-corrected chi connectivity index (χ4v) is 4.87. The molecule has 38 heavy (non-hydrogen) atoms. The molecular formula is C29H38N4O5. The van der Waals surface area contributed by atoms with E-state index in [0.29, 0.717) is 6.42 Å². The molecule has 1 aliphatic rings. The summed E-state index contributed by atoms with van der Waals surface area (Å²) in [5, 5.41) is 7.64. The minimum atomic E-state index is -0.512. The Bertz CT molecular complexity index is 1150. The highest BCUT2D eigenvalue weighted by Crippen LogP contribution is 2.31. The van der Waals surface area contributed by atoms with E-state index in [2.05, 4.69) is 69.7 Å². The molecule has 2 N–H and O–H groups in total. The first-order valence-corrected chi connectivity index (χ1v) is 13.1. The van der Waals surface area contributed by atoms with Gasteiger partial charge in [0.25, 0.3) is 0 Å². The molecule has 0 radical (unpaired) electrons. The van der Waals surface area contributed by atoms with E-state index in [0.717, 1.165) is 25.9 Å². The SMILES string of the molecule is CCC(=O)N(CC(=O)NCC(=O)NC/C=C/C(=O)OC)C1CCN(C(C)c2cccc3ccccc23)CC1. The van der Waals surface area contributed by atoms with Gasteiger partial charge >= 0.3 is 5.97 Å². The number of hydrogen-bond donors (Lipinski definition) is 2. The molecule has 1 heterocycles. The van der Waals surface area contributed by atoms with Gasteiger partial charge in [-0.3, -0.25) is 19.3 Å². The lowest BCUT2D eigenvalue weighted by Gasteiger charge is -2.40.